The smallest absolute Gasteiger partial charge is 0.241 e. The van der Waals surface area contributed by atoms with Gasteiger partial charge in [0.1, 0.15) is 0 Å². The maximum absolute atomic E-state index is 12.5. The van der Waals surface area contributed by atoms with Gasteiger partial charge in [-0.25, -0.2) is 13.1 Å². The molecule has 0 saturated carbocycles. The summed E-state index contributed by atoms with van der Waals surface area (Å²) in [5.74, 6) is 0.134. The Hall–Kier alpha value is -0.910. The van der Waals surface area contributed by atoms with Crippen molar-refractivity contribution >= 4 is 10.0 Å². The fourth-order valence-corrected chi connectivity index (χ4v) is 4.20. The highest BCUT2D eigenvalue weighted by Crippen LogP contribution is 2.27. The standard InChI is InChI=1S/C16H28N2O2S/c1-6-15(17-7-2)13(5)14-10-8-9-11-16(14)21(19,20)18-12(3)4/h8-13,15,17-18H,6-7H2,1-5H3. The van der Waals surface area contributed by atoms with E-state index in [1.807, 2.05) is 26.0 Å². The summed E-state index contributed by atoms with van der Waals surface area (Å²) < 4.78 is 27.7. The summed E-state index contributed by atoms with van der Waals surface area (Å²) >= 11 is 0. The monoisotopic (exact) mass is 312 g/mol. The van der Waals surface area contributed by atoms with Crippen LogP contribution in [0.5, 0.6) is 0 Å². The van der Waals surface area contributed by atoms with E-state index >= 15 is 0 Å². The molecule has 2 N–H and O–H groups in total. The number of hydrogen-bond acceptors (Lipinski definition) is 3. The fraction of sp³-hybridized carbons (Fsp3) is 0.625. The second kappa shape index (κ2) is 7.92. The first-order valence-corrected chi connectivity index (χ1v) is 9.16. The second-order valence-electron chi connectivity index (χ2n) is 5.67. The quantitative estimate of drug-likeness (QED) is 0.776. The molecule has 0 bridgehead atoms. The Balaban J connectivity index is 3.20. The van der Waals surface area contributed by atoms with Crippen LogP contribution in [0, 0.1) is 0 Å². The van der Waals surface area contributed by atoms with E-state index in [1.165, 1.54) is 0 Å². The Morgan fingerprint density at radius 3 is 2.24 bits per heavy atom. The summed E-state index contributed by atoms with van der Waals surface area (Å²) in [6, 6.07) is 7.44. The summed E-state index contributed by atoms with van der Waals surface area (Å²) in [6.45, 7) is 10.8. The van der Waals surface area contributed by atoms with Gasteiger partial charge in [0, 0.05) is 12.1 Å². The molecule has 0 aliphatic heterocycles. The topological polar surface area (TPSA) is 58.2 Å². The van der Waals surface area contributed by atoms with Crippen molar-refractivity contribution in [1.29, 1.82) is 0 Å². The highest BCUT2D eigenvalue weighted by atomic mass is 32.2. The third-order valence-corrected chi connectivity index (χ3v) is 5.33. The van der Waals surface area contributed by atoms with Gasteiger partial charge in [0.2, 0.25) is 10.0 Å². The molecule has 120 valence electrons. The van der Waals surface area contributed by atoms with Gasteiger partial charge in [0.25, 0.3) is 0 Å². The molecule has 0 amide bonds. The van der Waals surface area contributed by atoms with Crippen LogP contribution in [-0.4, -0.2) is 27.0 Å². The lowest BCUT2D eigenvalue weighted by Crippen LogP contribution is -2.35. The number of sulfonamides is 1. The molecule has 2 unspecified atom stereocenters. The molecular formula is C16H28N2O2S. The van der Waals surface area contributed by atoms with Crippen LogP contribution in [0.3, 0.4) is 0 Å². The minimum absolute atomic E-state index is 0.117. The number of rotatable bonds is 8. The van der Waals surface area contributed by atoms with Crippen molar-refractivity contribution in [3.05, 3.63) is 29.8 Å². The van der Waals surface area contributed by atoms with Crippen molar-refractivity contribution in [2.45, 2.75) is 63.9 Å². The van der Waals surface area contributed by atoms with Gasteiger partial charge in [-0.1, -0.05) is 39.0 Å². The molecule has 0 fully saturated rings. The number of hydrogen-bond donors (Lipinski definition) is 2. The van der Waals surface area contributed by atoms with Crippen molar-refractivity contribution in [2.75, 3.05) is 6.54 Å². The molecule has 2 atom stereocenters. The Morgan fingerprint density at radius 2 is 1.71 bits per heavy atom. The maximum Gasteiger partial charge on any atom is 0.241 e. The van der Waals surface area contributed by atoms with E-state index in [1.54, 1.807) is 12.1 Å². The molecule has 21 heavy (non-hydrogen) atoms. The van der Waals surface area contributed by atoms with E-state index in [2.05, 4.69) is 30.8 Å². The van der Waals surface area contributed by atoms with E-state index < -0.39 is 10.0 Å². The van der Waals surface area contributed by atoms with Gasteiger partial charge < -0.3 is 5.32 Å². The molecule has 1 rings (SSSR count). The van der Waals surface area contributed by atoms with Crippen molar-refractivity contribution in [2.24, 2.45) is 0 Å². The van der Waals surface area contributed by atoms with Crippen LogP contribution in [0.25, 0.3) is 0 Å². The first kappa shape index (κ1) is 18.1. The molecule has 0 saturated heterocycles. The normalized spacial score (nSPS) is 15.1. The van der Waals surface area contributed by atoms with Crippen LogP contribution < -0.4 is 10.0 Å². The highest BCUT2D eigenvalue weighted by Gasteiger charge is 2.25. The average molecular weight is 312 g/mol. The molecule has 0 radical (unpaired) electrons. The maximum atomic E-state index is 12.5. The molecule has 1 aromatic rings. The number of benzene rings is 1. The lowest BCUT2D eigenvalue weighted by atomic mass is 9.91. The third kappa shape index (κ3) is 4.80. The largest absolute Gasteiger partial charge is 0.314 e. The van der Waals surface area contributed by atoms with Gasteiger partial charge in [0.05, 0.1) is 4.90 Å². The molecule has 0 aliphatic carbocycles. The van der Waals surface area contributed by atoms with Gasteiger partial charge in [-0.2, -0.15) is 0 Å². The predicted molar refractivity (Wildman–Crippen MR) is 88.1 cm³/mol. The molecule has 4 nitrogen and oxygen atoms in total. The minimum atomic E-state index is -3.47. The van der Waals surface area contributed by atoms with Crippen molar-refractivity contribution < 1.29 is 8.42 Å². The zero-order chi connectivity index (χ0) is 16.0. The van der Waals surface area contributed by atoms with Crippen LogP contribution in [0.2, 0.25) is 0 Å². The third-order valence-electron chi connectivity index (χ3n) is 3.60. The van der Waals surface area contributed by atoms with Crippen LogP contribution in [-0.2, 0) is 10.0 Å². The first-order valence-electron chi connectivity index (χ1n) is 7.68. The SMILES string of the molecule is CCNC(CC)C(C)c1ccccc1S(=O)(=O)NC(C)C. The number of likely N-dealkylation sites (N-methyl/N-ethyl adjacent to an activating group) is 1. The molecule has 0 spiro atoms. The molecule has 0 aliphatic rings. The second-order valence-corrected chi connectivity index (χ2v) is 7.36. The Bertz CT molecular complexity index is 541. The molecule has 0 aromatic heterocycles. The van der Waals surface area contributed by atoms with Crippen LogP contribution in [0.15, 0.2) is 29.2 Å². The Kier molecular flexibility index (Phi) is 6.84. The van der Waals surface area contributed by atoms with Crippen LogP contribution >= 0.6 is 0 Å². The van der Waals surface area contributed by atoms with Crippen LogP contribution in [0.4, 0.5) is 0 Å². The van der Waals surface area contributed by atoms with E-state index in [4.69, 9.17) is 0 Å². The van der Waals surface area contributed by atoms with Crippen molar-refractivity contribution in [3.8, 4) is 0 Å². The lowest BCUT2D eigenvalue weighted by molar-refractivity contribution is 0.444. The molecule has 5 heteroatoms. The molecule has 0 heterocycles. The zero-order valence-corrected chi connectivity index (χ0v) is 14.5. The summed E-state index contributed by atoms with van der Waals surface area (Å²) in [5.41, 5.74) is 0.874. The lowest BCUT2D eigenvalue weighted by Gasteiger charge is -2.26. The highest BCUT2D eigenvalue weighted by molar-refractivity contribution is 7.89. The fourth-order valence-electron chi connectivity index (χ4n) is 2.63. The van der Waals surface area contributed by atoms with Crippen molar-refractivity contribution in [3.63, 3.8) is 0 Å². The van der Waals surface area contributed by atoms with Gasteiger partial charge in [-0.3, -0.25) is 0 Å². The Morgan fingerprint density at radius 1 is 1.10 bits per heavy atom. The van der Waals surface area contributed by atoms with Gasteiger partial charge in [-0.05, 0) is 44.4 Å². The minimum Gasteiger partial charge on any atom is -0.314 e. The zero-order valence-electron chi connectivity index (χ0n) is 13.7. The van der Waals surface area contributed by atoms with Crippen molar-refractivity contribution in [1.82, 2.24) is 10.0 Å². The van der Waals surface area contributed by atoms with E-state index in [9.17, 15) is 8.42 Å². The molecular weight excluding hydrogens is 284 g/mol. The summed E-state index contributed by atoms with van der Waals surface area (Å²) in [4.78, 5) is 0.391. The summed E-state index contributed by atoms with van der Waals surface area (Å²) in [6.07, 6.45) is 0.959. The van der Waals surface area contributed by atoms with Gasteiger partial charge in [-0.15, -0.1) is 0 Å². The predicted octanol–water partition coefficient (Wildman–Crippen LogP) is 2.86. The summed E-state index contributed by atoms with van der Waals surface area (Å²) in [5, 5.41) is 3.43. The summed E-state index contributed by atoms with van der Waals surface area (Å²) in [7, 11) is -3.47. The first-order chi connectivity index (χ1) is 9.83. The number of nitrogens with one attached hydrogen (secondary N) is 2. The average Bonchev–Trinajstić information content (AvgIpc) is 2.42. The Labute approximate surface area is 129 Å². The van der Waals surface area contributed by atoms with Gasteiger partial charge >= 0.3 is 0 Å². The van der Waals surface area contributed by atoms with E-state index in [-0.39, 0.29) is 18.0 Å². The van der Waals surface area contributed by atoms with Gasteiger partial charge in [0.15, 0.2) is 0 Å². The van der Waals surface area contributed by atoms with E-state index in [0.29, 0.717) is 4.90 Å². The van der Waals surface area contributed by atoms with Crippen LogP contribution in [0.1, 0.15) is 52.5 Å². The van der Waals surface area contributed by atoms with E-state index in [0.717, 1.165) is 18.5 Å². The molecule has 1 aromatic carbocycles.